The predicted octanol–water partition coefficient (Wildman–Crippen LogP) is 4.51. The van der Waals surface area contributed by atoms with Crippen LogP contribution in [-0.2, 0) is 14.3 Å². The van der Waals surface area contributed by atoms with E-state index in [2.05, 4.69) is 5.32 Å². The van der Waals surface area contributed by atoms with Crippen LogP contribution in [0.4, 0.5) is 0 Å². The van der Waals surface area contributed by atoms with Crippen LogP contribution in [0, 0.1) is 0 Å². The summed E-state index contributed by atoms with van der Waals surface area (Å²) < 4.78 is 10.9. The summed E-state index contributed by atoms with van der Waals surface area (Å²) in [7, 11) is 0. The Hall–Kier alpha value is -3.77. The van der Waals surface area contributed by atoms with Gasteiger partial charge in [-0.15, -0.1) is 0 Å². The quantitative estimate of drug-likeness (QED) is 0.447. The number of pyridine rings is 1. The van der Waals surface area contributed by atoms with Crippen molar-refractivity contribution < 1.29 is 19.1 Å². The molecule has 5 rings (SSSR count). The fourth-order valence-electron chi connectivity index (χ4n) is 4.22. The number of carbonyl (C=O) groups excluding carboxylic acids is 2. The minimum Gasteiger partial charge on any atom is -0.452 e. The molecule has 2 heterocycles. The summed E-state index contributed by atoms with van der Waals surface area (Å²) in [6.45, 7) is 0.815. The van der Waals surface area contributed by atoms with Crippen LogP contribution in [0.2, 0.25) is 0 Å². The highest BCUT2D eigenvalue weighted by Gasteiger charge is 2.19. The number of nitrogens with zero attached hydrogens (tertiary/aromatic N) is 1. The molecule has 3 aromatic carbocycles. The number of fused-ring (bicyclic) bond motifs is 2. The molecule has 1 aromatic heterocycles. The van der Waals surface area contributed by atoms with Crippen LogP contribution in [0.15, 0.2) is 72.8 Å². The fourth-order valence-corrected chi connectivity index (χ4v) is 4.22. The third kappa shape index (κ3) is 4.56. The summed E-state index contributed by atoms with van der Waals surface area (Å²) in [5.74, 6) is -0.895. The first-order chi connectivity index (χ1) is 16.2. The molecule has 0 aliphatic carbocycles. The van der Waals surface area contributed by atoms with Crippen molar-refractivity contribution in [3.05, 3.63) is 78.4 Å². The number of nitrogens with one attached hydrogen (secondary N) is 1. The standard InChI is InChI=1S/C27H24N2O4/c30-26(28-16-19-9-6-14-32-19)17-33-27(31)23-15-25(29-24-13-4-3-11-22(23)24)21-12-5-8-18-7-1-2-10-20(18)21/h1-5,7-8,10-13,15,19H,6,9,14,16-17H2,(H,28,30). The molecule has 0 radical (unpaired) electrons. The zero-order chi connectivity index (χ0) is 22.6. The summed E-state index contributed by atoms with van der Waals surface area (Å²) in [4.78, 5) is 30.0. The highest BCUT2D eigenvalue weighted by molar-refractivity contribution is 6.06. The van der Waals surface area contributed by atoms with E-state index in [1.165, 1.54) is 0 Å². The molecular weight excluding hydrogens is 416 g/mol. The van der Waals surface area contributed by atoms with Crippen molar-refractivity contribution in [1.29, 1.82) is 0 Å². The lowest BCUT2D eigenvalue weighted by molar-refractivity contribution is -0.124. The Balaban J connectivity index is 1.41. The van der Waals surface area contributed by atoms with Crippen LogP contribution >= 0.6 is 0 Å². The maximum absolute atomic E-state index is 13.0. The Morgan fingerprint density at radius 3 is 2.64 bits per heavy atom. The van der Waals surface area contributed by atoms with Gasteiger partial charge in [0, 0.05) is 24.1 Å². The summed E-state index contributed by atoms with van der Waals surface area (Å²) in [6, 6.07) is 23.3. The second-order valence-corrected chi connectivity index (χ2v) is 8.11. The van der Waals surface area contributed by atoms with Gasteiger partial charge in [-0.2, -0.15) is 0 Å². The van der Waals surface area contributed by atoms with Crippen molar-refractivity contribution in [3.8, 4) is 11.3 Å². The van der Waals surface area contributed by atoms with Crippen LogP contribution in [0.5, 0.6) is 0 Å². The van der Waals surface area contributed by atoms with Crippen molar-refractivity contribution in [2.45, 2.75) is 18.9 Å². The van der Waals surface area contributed by atoms with Gasteiger partial charge < -0.3 is 14.8 Å². The number of hydrogen-bond acceptors (Lipinski definition) is 5. The molecule has 6 nitrogen and oxygen atoms in total. The number of hydrogen-bond donors (Lipinski definition) is 1. The molecule has 6 heteroatoms. The number of amides is 1. The van der Waals surface area contributed by atoms with Gasteiger partial charge in [0.2, 0.25) is 0 Å². The van der Waals surface area contributed by atoms with E-state index in [0.717, 1.165) is 35.8 Å². The summed E-state index contributed by atoms with van der Waals surface area (Å²) in [5.41, 5.74) is 2.69. The van der Waals surface area contributed by atoms with Gasteiger partial charge in [-0.25, -0.2) is 9.78 Å². The number of rotatable bonds is 6. The number of benzene rings is 3. The number of para-hydroxylation sites is 1. The molecule has 0 bridgehead atoms. The van der Waals surface area contributed by atoms with Gasteiger partial charge in [0.25, 0.3) is 5.91 Å². The van der Waals surface area contributed by atoms with Gasteiger partial charge in [0.15, 0.2) is 6.61 Å². The summed E-state index contributed by atoms with van der Waals surface area (Å²) >= 11 is 0. The first-order valence-corrected chi connectivity index (χ1v) is 11.1. The van der Waals surface area contributed by atoms with Crippen LogP contribution in [0.3, 0.4) is 0 Å². The smallest absolute Gasteiger partial charge is 0.339 e. The van der Waals surface area contributed by atoms with Crippen molar-refractivity contribution >= 4 is 33.6 Å². The Kier molecular flexibility index (Phi) is 6.00. The average molecular weight is 440 g/mol. The minimum atomic E-state index is -0.553. The maximum Gasteiger partial charge on any atom is 0.339 e. The molecule has 4 aromatic rings. The molecule has 1 fully saturated rings. The zero-order valence-corrected chi connectivity index (χ0v) is 18.1. The predicted molar refractivity (Wildman–Crippen MR) is 127 cm³/mol. The molecule has 33 heavy (non-hydrogen) atoms. The molecular formula is C27H24N2O4. The monoisotopic (exact) mass is 440 g/mol. The molecule has 0 saturated carbocycles. The normalized spacial score (nSPS) is 15.6. The lowest BCUT2D eigenvalue weighted by Gasteiger charge is -2.13. The third-order valence-electron chi connectivity index (χ3n) is 5.89. The molecule has 1 atom stereocenters. The Labute approximate surface area is 191 Å². The largest absolute Gasteiger partial charge is 0.452 e. The minimum absolute atomic E-state index is 0.0389. The van der Waals surface area contributed by atoms with Crippen molar-refractivity contribution in [1.82, 2.24) is 10.3 Å². The van der Waals surface area contributed by atoms with E-state index >= 15 is 0 Å². The Morgan fingerprint density at radius 2 is 1.79 bits per heavy atom. The van der Waals surface area contributed by atoms with E-state index in [0.29, 0.717) is 28.7 Å². The van der Waals surface area contributed by atoms with Gasteiger partial charge in [-0.05, 0) is 35.7 Å². The van der Waals surface area contributed by atoms with E-state index < -0.39 is 5.97 Å². The van der Waals surface area contributed by atoms with Crippen LogP contribution in [-0.4, -0.2) is 42.7 Å². The first-order valence-electron chi connectivity index (χ1n) is 11.1. The highest BCUT2D eigenvalue weighted by atomic mass is 16.5. The van der Waals surface area contributed by atoms with E-state index in [1.807, 2.05) is 66.7 Å². The van der Waals surface area contributed by atoms with E-state index in [9.17, 15) is 9.59 Å². The van der Waals surface area contributed by atoms with Crippen molar-refractivity contribution in [2.75, 3.05) is 19.8 Å². The van der Waals surface area contributed by atoms with E-state index in [-0.39, 0.29) is 18.6 Å². The molecule has 1 amide bonds. The van der Waals surface area contributed by atoms with Gasteiger partial charge in [-0.1, -0.05) is 60.7 Å². The molecule has 1 N–H and O–H groups in total. The first kappa shape index (κ1) is 21.1. The zero-order valence-electron chi connectivity index (χ0n) is 18.1. The maximum atomic E-state index is 13.0. The molecule has 0 spiro atoms. The summed E-state index contributed by atoms with van der Waals surface area (Å²) in [6.07, 6.45) is 1.97. The topological polar surface area (TPSA) is 77.5 Å². The van der Waals surface area contributed by atoms with Crippen LogP contribution in [0.1, 0.15) is 23.2 Å². The third-order valence-corrected chi connectivity index (χ3v) is 5.89. The van der Waals surface area contributed by atoms with Crippen LogP contribution < -0.4 is 5.32 Å². The van der Waals surface area contributed by atoms with Gasteiger partial charge in [-0.3, -0.25) is 4.79 Å². The molecule has 1 unspecified atom stereocenters. The Morgan fingerprint density at radius 1 is 1.00 bits per heavy atom. The number of ether oxygens (including phenoxy) is 2. The van der Waals surface area contributed by atoms with Gasteiger partial charge >= 0.3 is 5.97 Å². The second-order valence-electron chi connectivity index (χ2n) is 8.11. The number of esters is 1. The number of aromatic nitrogens is 1. The van der Waals surface area contributed by atoms with Crippen LogP contribution in [0.25, 0.3) is 32.9 Å². The van der Waals surface area contributed by atoms with Crippen molar-refractivity contribution in [2.24, 2.45) is 0 Å². The van der Waals surface area contributed by atoms with E-state index in [1.54, 1.807) is 6.07 Å². The average Bonchev–Trinajstić information content (AvgIpc) is 3.39. The highest BCUT2D eigenvalue weighted by Crippen LogP contribution is 2.30. The SMILES string of the molecule is O=C(COC(=O)c1cc(-c2cccc3ccccc23)nc2ccccc12)NCC1CCCO1. The number of carbonyl (C=O) groups is 2. The Bertz CT molecular complexity index is 1320. The molecule has 1 aliphatic rings. The van der Waals surface area contributed by atoms with Gasteiger partial charge in [0.1, 0.15) is 0 Å². The molecule has 166 valence electrons. The molecule has 1 saturated heterocycles. The van der Waals surface area contributed by atoms with E-state index in [4.69, 9.17) is 14.5 Å². The van der Waals surface area contributed by atoms with Gasteiger partial charge in [0.05, 0.1) is 22.9 Å². The molecule has 1 aliphatic heterocycles. The summed E-state index contributed by atoms with van der Waals surface area (Å²) in [5, 5.41) is 5.60. The fraction of sp³-hybridized carbons (Fsp3) is 0.222. The lowest BCUT2D eigenvalue weighted by atomic mass is 9.99. The van der Waals surface area contributed by atoms with Crippen molar-refractivity contribution in [3.63, 3.8) is 0 Å². The lowest BCUT2D eigenvalue weighted by Crippen LogP contribution is -2.34. The second kappa shape index (κ2) is 9.38.